The molecule has 1 saturated heterocycles. The van der Waals surface area contributed by atoms with Crippen LogP contribution in [-0.4, -0.2) is 59.8 Å². The molecule has 1 aliphatic heterocycles. The van der Waals surface area contributed by atoms with E-state index in [1.165, 1.54) is 22.5 Å². The first-order valence-corrected chi connectivity index (χ1v) is 10.7. The van der Waals surface area contributed by atoms with Gasteiger partial charge in [-0.05, 0) is 49.4 Å². The number of halogens is 1. The molecule has 1 aromatic heterocycles. The number of benzene rings is 2. The molecule has 2 heterocycles. The van der Waals surface area contributed by atoms with Gasteiger partial charge in [-0.1, -0.05) is 11.2 Å². The lowest BCUT2D eigenvalue weighted by Gasteiger charge is -2.34. The summed E-state index contributed by atoms with van der Waals surface area (Å²) in [6, 6.07) is 11.7. The third kappa shape index (κ3) is 3.96. The zero-order valence-electron chi connectivity index (χ0n) is 16.2. The molecule has 0 unspecified atom stereocenters. The zero-order chi connectivity index (χ0) is 21.3. The minimum absolute atomic E-state index is 0.0888. The molecule has 2 aromatic carbocycles. The van der Waals surface area contributed by atoms with E-state index in [0.717, 1.165) is 6.07 Å². The number of piperazine rings is 1. The van der Waals surface area contributed by atoms with Gasteiger partial charge in [0.05, 0.1) is 4.90 Å². The predicted molar refractivity (Wildman–Crippen MR) is 106 cm³/mol. The first kappa shape index (κ1) is 20.2. The van der Waals surface area contributed by atoms with Gasteiger partial charge < -0.3 is 9.42 Å². The molecule has 156 valence electrons. The van der Waals surface area contributed by atoms with Crippen LogP contribution in [0.2, 0.25) is 0 Å². The van der Waals surface area contributed by atoms with Gasteiger partial charge in [-0.3, -0.25) is 4.79 Å². The molecule has 0 N–H and O–H groups in total. The minimum Gasteiger partial charge on any atom is -0.336 e. The standard InChI is InChI=1S/C20H19FN4O4S/c1-14-22-19(29-23-14)15-5-7-16(8-6-15)20(26)24-9-11-25(12-10-24)30(27,28)18-4-2-3-17(21)13-18/h2-8,13H,9-12H2,1H3. The molecule has 3 aromatic rings. The van der Waals surface area contributed by atoms with Crippen molar-refractivity contribution in [1.82, 2.24) is 19.3 Å². The number of carbonyl (C=O) groups is 1. The quantitative estimate of drug-likeness (QED) is 0.630. The van der Waals surface area contributed by atoms with E-state index in [2.05, 4.69) is 10.1 Å². The Balaban J connectivity index is 1.42. The molecule has 8 nitrogen and oxygen atoms in total. The molecule has 0 bridgehead atoms. The number of rotatable bonds is 4. The number of hydrogen-bond acceptors (Lipinski definition) is 6. The Hall–Kier alpha value is -3.11. The SMILES string of the molecule is Cc1noc(-c2ccc(C(=O)N3CCN(S(=O)(=O)c4cccc(F)c4)CC3)cc2)n1. The molecule has 0 aliphatic carbocycles. The van der Waals surface area contributed by atoms with E-state index in [-0.39, 0.29) is 37.0 Å². The molecule has 0 radical (unpaired) electrons. The Bertz CT molecular complexity index is 1170. The van der Waals surface area contributed by atoms with Crippen molar-refractivity contribution < 1.29 is 22.1 Å². The summed E-state index contributed by atoms with van der Waals surface area (Å²) in [7, 11) is -3.80. The third-order valence-corrected chi connectivity index (χ3v) is 6.76. The predicted octanol–water partition coefficient (Wildman–Crippen LogP) is 2.33. The van der Waals surface area contributed by atoms with E-state index in [1.807, 2.05) is 0 Å². The van der Waals surface area contributed by atoms with E-state index in [9.17, 15) is 17.6 Å². The molecular weight excluding hydrogens is 411 g/mol. The van der Waals surface area contributed by atoms with Gasteiger partial charge in [-0.15, -0.1) is 0 Å². The Labute approximate surface area is 173 Å². The number of sulfonamides is 1. The molecule has 0 saturated carbocycles. The normalized spacial score (nSPS) is 15.3. The summed E-state index contributed by atoms with van der Waals surface area (Å²) in [4.78, 5) is 18.4. The summed E-state index contributed by atoms with van der Waals surface area (Å²) in [5, 5.41) is 3.74. The van der Waals surface area contributed by atoms with E-state index < -0.39 is 15.8 Å². The van der Waals surface area contributed by atoms with Crippen molar-refractivity contribution in [1.29, 1.82) is 0 Å². The molecule has 1 fully saturated rings. The fourth-order valence-corrected chi connectivity index (χ4v) is 4.71. The highest BCUT2D eigenvalue weighted by molar-refractivity contribution is 7.89. The molecule has 10 heteroatoms. The number of nitrogens with zero attached hydrogens (tertiary/aromatic N) is 4. The highest BCUT2D eigenvalue weighted by Crippen LogP contribution is 2.21. The Morgan fingerprint density at radius 3 is 2.37 bits per heavy atom. The van der Waals surface area contributed by atoms with Crippen molar-refractivity contribution in [2.24, 2.45) is 0 Å². The second kappa shape index (κ2) is 7.96. The largest absolute Gasteiger partial charge is 0.336 e. The maximum atomic E-state index is 13.4. The Kier molecular flexibility index (Phi) is 5.35. The molecule has 0 spiro atoms. The number of aryl methyl sites for hydroxylation is 1. The molecule has 0 atom stereocenters. The van der Waals surface area contributed by atoms with Crippen molar-refractivity contribution in [2.75, 3.05) is 26.2 Å². The van der Waals surface area contributed by atoms with Crippen LogP contribution in [0.1, 0.15) is 16.2 Å². The number of aromatic nitrogens is 2. The Morgan fingerprint density at radius 1 is 1.07 bits per heavy atom. The maximum Gasteiger partial charge on any atom is 0.257 e. The van der Waals surface area contributed by atoms with Crippen LogP contribution >= 0.6 is 0 Å². The van der Waals surface area contributed by atoms with Crippen LogP contribution < -0.4 is 0 Å². The van der Waals surface area contributed by atoms with Crippen LogP contribution in [0.15, 0.2) is 57.9 Å². The van der Waals surface area contributed by atoms with Crippen molar-refractivity contribution in [3.05, 3.63) is 65.7 Å². The summed E-state index contributed by atoms with van der Waals surface area (Å²) in [5.41, 5.74) is 1.19. The lowest BCUT2D eigenvalue weighted by atomic mass is 10.1. The van der Waals surface area contributed by atoms with E-state index in [4.69, 9.17) is 4.52 Å². The van der Waals surface area contributed by atoms with Gasteiger partial charge in [-0.25, -0.2) is 12.8 Å². The molecule has 30 heavy (non-hydrogen) atoms. The molecular formula is C20H19FN4O4S. The first-order chi connectivity index (χ1) is 14.3. The fourth-order valence-electron chi connectivity index (χ4n) is 3.26. The lowest BCUT2D eigenvalue weighted by molar-refractivity contribution is 0.0698. The van der Waals surface area contributed by atoms with Crippen LogP contribution in [-0.2, 0) is 10.0 Å². The van der Waals surface area contributed by atoms with Gasteiger partial charge in [0.25, 0.3) is 11.8 Å². The third-order valence-electron chi connectivity index (χ3n) is 4.87. The van der Waals surface area contributed by atoms with Crippen LogP contribution in [0, 0.1) is 12.7 Å². The lowest BCUT2D eigenvalue weighted by Crippen LogP contribution is -2.50. The molecule has 1 aliphatic rings. The van der Waals surface area contributed by atoms with Crippen LogP contribution in [0.3, 0.4) is 0 Å². The molecule has 1 amide bonds. The monoisotopic (exact) mass is 430 g/mol. The molecule has 4 rings (SSSR count). The Morgan fingerprint density at radius 2 is 1.77 bits per heavy atom. The highest BCUT2D eigenvalue weighted by atomic mass is 32.2. The zero-order valence-corrected chi connectivity index (χ0v) is 17.0. The van der Waals surface area contributed by atoms with E-state index >= 15 is 0 Å². The van der Waals surface area contributed by atoms with E-state index in [0.29, 0.717) is 22.8 Å². The summed E-state index contributed by atoms with van der Waals surface area (Å²) in [6.45, 7) is 2.50. The summed E-state index contributed by atoms with van der Waals surface area (Å²) >= 11 is 0. The van der Waals surface area contributed by atoms with Gasteiger partial charge in [0.15, 0.2) is 5.82 Å². The average Bonchev–Trinajstić information content (AvgIpc) is 3.20. The van der Waals surface area contributed by atoms with Crippen molar-refractivity contribution >= 4 is 15.9 Å². The maximum absolute atomic E-state index is 13.4. The van der Waals surface area contributed by atoms with Gasteiger partial charge in [0.1, 0.15) is 5.82 Å². The topological polar surface area (TPSA) is 96.6 Å². The second-order valence-corrected chi connectivity index (χ2v) is 8.82. The smallest absolute Gasteiger partial charge is 0.257 e. The van der Waals surface area contributed by atoms with Crippen molar-refractivity contribution in [3.63, 3.8) is 0 Å². The first-order valence-electron chi connectivity index (χ1n) is 9.30. The van der Waals surface area contributed by atoms with E-state index in [1.54, 1.807) is 36.1 Å². The number of hydrogen-bond donors (Lipinski definition) is 0. The fraction of sp³-hybridized carbons (Fsp3) is 0.250. The van der Waals surface area contributed by atoms with Gasteiger partial charge in [0.2, 0.25) is 10.0 Å². The second-order valence-electron chi connectivity index (χ2n) is 6.88. The van der Waals surface area contributed by atoms with Crippen molar-refractivity contribution in [2.45, 2.75) is 11.8 Å². The van der Waals surface area contributed by atoms with Crippen LogP contribution in [0.4, 0.5) is 4.39 Å². The number of carbonyl (C=O) groups excluding carboxylic acids is 1. The summed E-state index contributed by atoms with van der Waals surface area (Å²) in [6.07, 6.45) is 0. The number of amides is 1. The van der Waals surface area contributed by atoms with Gasteiger partial charge >= 0.3 is 0 Å². The van der Waals surface area contributed by atoms with Gasteiger partial charge in [-0.2, -0.15) is 9.29 Å². The average molecular weight is 430 g/mol. The summed E-state index contributed by atoms with van der Waals surface area (Å²) < 4.78 is 45.2. The summed E-state index contributed by atoms with van der Waals surface area (Å²) in [5.74, 6) is 0.106. The van der Waals surface area contributed by atoms with Crippen LogP contribution in [0.5, 0.6) is 0 Å². The highest BCUT2D eigenvalue weighted by Gasteiger charge is 2.30. The van der Waals surface area contributed by atoms with Crippen molar-refractivity contribution in [3.8, 4) is 11.5 Å². The minimum atomic E-state index is -3.80. The van der Waals surface area contributed by atoms with Gasteiger partial charge in [0, 0.05) is 37.3 Å². The van der Waals surface area contributed by atoms with Crippen LogP contribution in [0.25, 0.3) is 11.5 Å².